The van der Waals surface area contributed by atoms with E-state index in [1.807, 2.05) is 0 Å². The molecule has 0 radical (unpaired) electrons. The predicted octanol–water partition coefficient (Wildman–Crippen LogP) is 2.83. The zero-order valence-corrected chi connectivity index (χ0v) is 13.6. The summed E-state index contributed by atoms with van der Waals surface area (Å²) in [4.78, 5) is 33.1. The van der Waals surface area contributed by atoms with Gasteiger partial charge in [-0.05, 0) is 19.1 Å². The van der Waals surface area contributed by atoms with Crippen molar-refractivity contribution in [1.82, 2.24) is 0 Å². The van der Waals surface area contributed by atoms with Crippen molar-refractivity contribution in [3.05, 3.63) is 61.7 Å². The predicted molar refractivity (Wildman–Crippen MR) is 89.9 cm³/mol. The lowest BCUT2D eigenvalue weighted by atomic mass is 10.1. The van der Waals surface area contributed by atoms with Crippen LogP contribution in [0.2, 0.25) is 0 Å². The quantitative estimate of drug-likeness (QED) is 0.655. The first kappa shape index (κ1) is 17.1. The molecular formula is C16H13N3O7. The van der Waals surface area contributed by atoms with Gasteiger partial charge in [0.2, 0.25) is 0 Å². The zero-order valence-electron chi connectivity index (χ0n) is 13.6. The topological polar surface area (TPSA) is 134 Å². The van der Waals surface area contributed by atoms with Gasteiger partial charge in [-0.1, -0.05) is 0 Å². The van der Waals surface area contributed by atoms with Crippen LogP contribution in [0.15, 0.2) is 30.3 Å². The van der Waals surface area contributed by atoms with Gasteiger partial charge in [0.15, 0.2) is 11.5 Å². The first-order valence-electron chi connectivity index (χ1n) is 7.51. The normalized spacial score (nSPS) is 12.3. The number of hydrogen-bond acceptors (Lipinski definition) is 7. The van der Waals surface area contributed by atoms with Gasteiger partial charge in [-0.2, -0.15) is 0 Å². The van der Waals surface area contributed by atoms with Crippen LogP contribution in [-0.4, -0.2) is 29.0 Å². The number of nitro groups is 2. The number of benzene rings is 2. The minimum absolute atomic E-state index is 0.115. The van der Waals surface area contributed by atoms with Crippen LogP contribution >= 0.6 is 0 Å². The number of carbonyl (C=O) groups excluding carboxylic acids is 1. The molecule has 1 aliphatic heterocycles. The van der Waals surface area contributed by atoms with Crippen molar-refractivity contribution in [2.45, 2.75) is 6.92 Å². The Labute approximate surface area is 146 Å². The van der Waals surface area contributed by atoms with Gasteiger partial charge in [-0.3, -0.25) is 25.0 Å². The highest BCUT2D eigenvalue weighted by Crippen LogP contribution is 2.33. The van der Waals surface area contributed by atoms with E-state index in [-0.39, 0.29) is 11.1 Å². The fraction of sp³-hybridized carbons (Fsp3) is 0.188. The summed E-state index contributed by atoms with van der Waals surface area (Å²) in [7, 11) is 0. The Kier molecular flexibility index (Phi) is 4.40. The van der Waals surface area contributed by atoms with Gasteiger partial charge >= 0.3 is 0 Å². The lowest BCUT2D eigenvalue weighted by Gasteiger charge is -2.19. The van der Waals surface area contributed by atoms with Crippen LogP contribution < -0.4 is 14.8 Å². The molecule has 1 heterocycles. The molecule has 3 rings (SSSR count). The fourth-order valence-electron chi connectivity index (χ4n) is 2.52. The second kappa shape index (κ2) is 6.67. The largest absolute Gasteiger partial charge is 0.486 e. The van der Waals surface area contributed by atoms with Gasteiger partial charge in [0.1, 0.15) is 18.8 Å². The average Bonchev–Trinajstić information content (AvgIpc) is 2.61. The van der Waals surface area contributed by atoms with Crippen LogP contribution in [0.3, 0.4) is 0 Å². The standard InChI is InChI=1S/C16H13N3O7/c1-9-12(18(21)22)6-10(7-13(9)19(23)24)16(20)17-11-2-3-14-15(8-11)26-5-4-25-14/h2-3,6-8H,4-5H2,1H3,(H,17,20). The minimum Gasteiger partial charge on any atom is -0.486 e. The summed E-state index contributed by atoms with van der Waals surface area (Å²) >= 11 is 0. The third-order valence-corrected chi connectivity index (χ3v) is 3.81. The summed E-state index contributed by atoms with van der Waals surface area (Å²) in [5.74, 6) is 0.277. The average molecular weight is 359 g/mol. The number of anilines is 1. The molecule has 1 N–H and O–H groups in total. The van der Waals surface area contributed by atoms with E-state index in [1.54, 1.807) is 18.2 Å². The number of rotatable bonds is 4. The summed E-state index contributed by atoms with van der Waals surface area (Å²) in [6.45, 7) is 2.06. The van der Waals surface area contributed by atoms with Crippen LogP contribution in [0, 0.1) is 27.2 Å². The van der Waals surface area contributed by atoms with Crippen molar-refractivity contribution < 1.29 is 24.1 Å². The Morgan fingerprint density at radius 1 is 1.00 bits per heavy atom. The van der Waals surface area contributed by atoms with Crippen LogP contribution in [-0.2, 0) is 0 Å². The van der Waals surface area contributed by atoms with Gasteiger partial charge < -0.3 is 14.8 Å². The molecule has 0 spiro atoms. The van der Waals surface area contributed by atoms with Gasteiger partial charge in [-0.15, -0.1) is 0 Å². The highest BCUT2D eigenvalue weighted by atomic mass is 16.6. The molecule has 2 aromatic rings. The summed E-state index contributed by atoms with van der Waals surface area (Å²) in [6.07, 6.45) is 0. The number of carbonyl (C=O) groups is 1. The van der Waals surface area contributed by atoms with Crippen LogP contribution in [0.5, 0.6) is 11.5 Å². The summed E-state index contributed by atoms with van der Waals surface area (Å²) in [6, 6.07) is 6.75. The number of ether oxygens (including phenoxy) is 2. The van der Waals surface area contributed by atoms with E-state index in [2.05, 4.69) is 5.32 Å². The Morgan fingerprint density at radius 3 is 2.15 bits per heavy atom. The van der Waals surface area contributed by atoms with E-state index >= 15 is 0 Å². The van der Waals surface area contributed by atoms with E-state index in [0.29, 0.717) is 30.4 Å². The first-order chi connectivity index (χ1) is 12.4. The van der Waals surface area contributed by atoms with Crippen molar-refractivity contribution in [3.8, 4) is 11.5 Å². The molecule has 10 heteroatoms. The van der Waals surface area contributed by atoms with E-state index in [4.69, 9.17) is 9.47 Å². The van der Waals surface area contributed by atoms with Crippen LogP contribution in [0.1, 0.15) is 15.9 Å². The van der Waals surface area contributed by atoms with Crippen molar-refractivity contribution in [3.63, 3.8) is 0 Å². The number of nitro benzene ring substituents is 2. The maximum absolute atomic E-state index is 12.4. The number of nitrogens with one attached hydrogen (secondary N) is 1. The minimum atomic E-state index is -0.761. The van der Waals surface area contributed by atoms with E-state index < -0.39 is 27.1 Å². The highest BCUT2D eigenvalue weighted by molar-refractivity contribution is 6.05. The molecule has 2 aromatic carbocycles. The second-order valence-corrected chi connectivity index (χ2v) is 5.47. The number of hydrogen-bond donors (Lipinski definition) is 1. The van der Waals surface area contributed by atoms with Crippen molar-refractivity contribution >= 4 is 23.0 Å². The SMILES string of the molecule is Cc1c([N+](=O)[O-])cc(C(=O)Nc2ccc3c(c2)OCCO3)cc1[N+](=O)[O-]. The molecular weight excluding hydrogens is 346 g/mol. The monoisotopic (exact) mass is 359 g/mol. The van der Waals surface area contributed by atoms with Crippen molar-refractivity contribution in [2.75, 3.05) is 18.5 Å². The molecule has 0 aliphatic carbocycles. The molecule has 10 nitrogen and oxygen atoms in total. The lowest BCUT2D eigenvalue weighted by molar-refractivity contribution is -0.395. The molecule has 134 valence electrons. The van der Waals surface area contributed by atoms with Gasteiger partial charge in [-0.25, -0.2) is 0 Å². The Balaban J connectivity index is 1.92. The van der Waals surface area contributed by atoms with Crippen LogP contribution in [0.25, 0.3) is 0 Å². The molecule has 0 saturated carbocycles. The molecule has 1 aliphatic rings. The van der Waals surface area contributed by atoms with Gasteiger partial charge in [0.25, 0.3) is 17.3 Å². The highest BCUT2D eigenvalue weighted by Gasteiger charge is 2.25. The molecule has 1 amide bonds. The third kappa shape index (κ3) is 3.24. The van der Waals surface area contributed by atoms with E-state index in [0.717, 1.165) is 12.1 Å². The summed E-state index contributed by atoms with van der Waals surface area (Å²) < 4.78 is 10.8. The van der Waals surface area contributed by atoms with Gasteiger partial charge in [0.05, 0.1) is 15.4 Å². The molecule has 0 atom stereocenters. The van der Waals surface area contributed by atoms with Crippen LogP contribution in [0.4, 0.5) is 17.1 Å². The smallest absolute Gasteiger partial charge is 0.279 e. The maximum Gasteiger partial charge on any atom is 0.279 e. The van der Waals surface area contributed by atoms with Crippen molar-refractivity contribution in [1.29, 1.82) is 0 Å². The number of fused-ring (bicyclic) bond motifs is 1. The third-order valence-electron chi connectivity index (χ3n) is 3.81. The Bertz CT molecular complexity index is 891. The summed E-state index contributed by atoms with van der Waals surface area (Å²) in [5.41, 5.74) is -0.928. The number of nitrogens with zero attached hydrogens (tertiary/aromatic N) is 2. The summed E-state index contributed by atoms with van der Waals surface area (Å²) in [5, 5.41) is 24.8. The molecule has 0 bridgehead atoms. The molecule has 0 saturated heterocycles. The Hall–Kier alpha value is -3.69. The second-order valence-electron chi connectivity index (χ2n) is 5.47. The Morgan fingerprint density at radius 2 is 1.58 bits per heavy atom. The molecule has 0 fully saturated rings. The zero-order chi connectivity index (χ0) is 18.8. The maximum atomic E-state index is 12.4. The molecule has 0 aromatic heterocycles. The lowest BCUT2D eigenvalue weighted by Crippen LogP contribution is -2.16. The molecule has 26 heavy (non-hydrogen) atoms. The van der Waals surface area contributed by atoms with E-state index in [9.17, 15) is 25.0 Å². The van der Waals surface area contributed by atoms with Crippen molar-refractivity contribution in [2.24, 2.45) is 0 Å². The number of amides is 1. The first-order valence-corrected chi connectivity index (χ1v) is 7.51. The fourth-order valence-corrected chi connectivity index (χ4v) is 2.52. The van der Waals surface area contributed by atoms with E-state index in [1.165, 1.54) is 6.92 Å². The molecule has 0 unspecified atom stereocenters. The van der Waals surface area contributed by atoms with Gasteiger partial charge in [0, 0.05) is 23.9 Å².